The Morgan fingerprint density at radius 2 is 2.10 bits per heavy atom. The highest BCUT2D eigenvalue weighted by Crippen LogP contribution is 2.28. The van der Waals surface area contributed by atoms with Gasteiger partial charge in [-0.3, -0.25) is 4.79 Å². The van der Waals surface area contributed by atoms with Gasteiger partial charge in [-0.2, -0.15) is 0 Å². The summed E-state index contributed by atoms with van der Waals surface area (Å²) in [6.07, 6.45) is 1.67. The number of nitrogens with one attached hydrogen (secondary N) is 1. The lowest BCUT2D eigenvalue weighted by atomic mass is 10.0. The van der Waals surface area contributed by atoms with Crippen molar-refractivity contribution in [2.45, 2.75) is 0 Å². The first-order chi connectivity index (χ1) is 10.1. The van der Waals surface area contributed by atoms with Gasteiger partial charge in [0.05, 0.1) is 23.3 Å². The number of anilines is 1. The van der Waals surface area contributed by atoms with E-state index in [1.807, 2.05) is 12.1 Å². The second kappa shape index (κ2) is 5.14. The SMILES string of the molecule is COc1cc(C(=O)c2c[nH]c3c(Cl)cccc23)ccc1N. The second-order valence-corrected chi connectivity index (χ2v) is 5.06. The zero-order valence-electron chi connectivity index (χ0n) is 11.3. The number of rotatable bonds is 3. The maximum absolute atomic E-state index is 12.7. The Morgan fingerprint density at radius 1 is 1.29 bits per heavy atom. The van der Waals surface area contributed by atoms with Gasteiger partial charge in [0.15, 0.2) is 5.78 Å². The third-order valence-corrected chi connectivity index (χ3v) is 3.72. The van der Waals surface area contributed by atoms with Crippen LogP contribution in [0.2, 0.25) is 5.02 Å². The first-order valence-corrected chi connectivity index (χ1v) is 6.73. The maximum atomic E-state index is 12.7. The van der Waals surface area contributed by atoms with Crippen LogP contribution in [0.15, 0.2) is 42.6 Å². The van der Waals surface area contributed by atoms with E-state index >= 15 is 0 Å². The number of aromatic nitrogens is 1. The van der Waals surface area contributed by atoms with E-state index in [1.54, 1.807) is 30.5 Å². The molecular weight excluding hydrogens is 288 g/mol. The molecule has 0 bridgehead atoms. The van der Waals surface area contributed by atoms with E-state index in [0.29, 0.717) is 27.6 Å². The molecular formula is C16H13ClN2O2. The van der Waals surface area contributed by atoms with E-state index in [1.165, 1.54) is 7.11 Å². The fraction of sp³-hybridized carbons (Fsp3) is 0.0625. The monoisotopic (exact) mass is 300 g/mol. The van der Waals surface area contributed by atoms with Crippen LogP contribution in [-0.2, 0) is 0 Å². The number of nitrogen functional groups attached to an aromatic ring is 1. The minimum atomic E-state index is -0.109. The number of H-pyrrole nitrogens is 1. The van der Waals surface area contributed by atoms with E-state index in [2.05, 4.69) is 4.98 Å². The molecule has 1 heterocycles. The van der Waals surface area contributed by atoms with Crippen LogP contribution in [-0.4, -0.2) is 17.9 Å². The number of hydrogen-bond acceptors (Lipinski definition) is 3. The molecule has 3 N–H and O–H groups in total. The molecule has 106 valence electrons. The number of fused-ring (bicyclic) bond motifs is 1. The number of ketones is 1. The lowest BCUT2D eigenvalue weighted by molar-refractivity contribution is 0.104. The third-order valence-electron chi connectivity index (χ3n) is 3.40. The Kier molecular flexibility index (Phi) is 3.31. The summed E-state index contributed by atoms with van der Waals surface area (Å²) in [6.45, 7) is 0. The number of ether oxygens (including phenoxy) is 1. The zero-order valence-corrected chi connectivity index (χ0v) is 12.1. The van der Waals surface area contributed by atoms with Gasteiger partial charge in [0.2, 0.25) is 0 Å². The largest absolute Gasteiger partial charge is 0.495 e. The number of carbonyl (C=O) groups excluding carboxylic acids is 1. The number of benzene rings is 2. The molecule has 0 aliphatic rings. The van der Waals surface area contributed by atoms with Gasteiger partial charge in [-0.15, -0.1) is 0 Å². The van der Waals surface area contributed by atoms with Gasteiger partial charge in [0, 0.05) is 22.7 Å². The lowest BCUT2D eigenvalue weighted by Crippen LogP contribution is -2.02. The van der Waals surface area contributed by atoms with Gasteiger partial charge < -0.3 is 15.5 Å². The maximum Gasteiger partial charge on any atom is 0.195 e. The van der Waals surface area contributed by atoms with E-state index in [-0.39, 0.29) is 5.78 Å². The van der Waals surface area contributed by atoms with Gasteiger partial charge >= 0.3 is 0 Å². The van der Waals surface area contributed by atoms with Gasteiger partial charge in [0.1, 0.15) is 5.75 Å². The Morgan fingerprint density at radius 3 is 2.86 bits per heavy atom. The second-order valence-electron chi connectivity index (χ2n) is 4.65. The standard InChI is InChI=1S/C16H13ClN2O2/c1-21-14-7-9(5-6-13(14)18)16(20)11-8-19-15-10(11)3-2-4-12(15)17/h2-8,19H,18H2,1H3. The summed E-state index contributed by atoms with van der Waals surface area (Å²) in [7, 11) is 1.52. The summed E-state index contributed by atoms with van der Waals surface area (Å²) in [4.78, 5) is 15.7. The molecule has 3 aromatic rings. The number of carbonyl (C=O) groups is 1. The average Bonchev–Trinajstić information content (AvgIpc) is 2.92. The van der Waals surface area contributed by atoms with Crippen LogP contribution in [0.25, 0.3) is 10.9 Å². The predicted octanol–water partition coefficient (Wildman–Crippen LogP) is 3.64. The van der Waals surface area contributed by atoms with Crippen LogP contribution in [0.1, 0.15) is 15.9 Å². The first kappa shape index (κ1) is 13.5. The van der Waals surface area contributed by atoms with Crippen molar-refractivity contribution in [3.05, 3.63) is 58.7 Å². The number of nitrogens with two attached hydrogens (primary N) is 1. The molecule has 0 radical (unpaired) electrons. The third kappa shape index (κ3) is 2.23. The van der Waals surface area contributed by atoms with Crippen molar-refractivity contribution in [2.24, 2.45) is 0 Å². The van der Waals surface area contributed by atoms with Crippen molar-refractivity contribution in [3.63, 3.8) is 0 Å². The van der Waals surface area contributed by atoms with E-state index < -0.39 is 0 Å². The highest BCUT2D eigenvalue weighted by molar-refractivity contribution is 6.35. The van der Waals surface area contributed by atoms with Crippen molar-refractivity contribution in [1.29, 1.82) is 0 Å². The summed E-state index contributed by atoms with van der Waals surface area (Å²) in [5.74, 6) is 0.376. The zero-order chi connectivity index (χ0) is 15.0. The van der Waals surface area contributed by atoms with Crippen LogP contribution in [0.3, 0.4) is 0 Å². The Labute approximate surface area is 126 Å². The molecule has 0 aliphatic carbocycles. The molecule has 0 saturated heterocycles. The molecule has 0 saturated carbocycles. The van der Waals surface area contributed by atoms with Crippen LogP contribution in [0.4, 0.5) is 5.69 Å². The number of halogens is 1. The van der Waals surface area contributed by atoms with E-state index in [0.717, 1.165) is 10.9 Å². The molecule has 0 unspecified atom stereocenters. The summed E-state index contributed by atoms with van der Waals surface area (Å²) < 4.78 is 5.15. The van der Waals surface area contributed by atoms with Crippen molar-refractivity contribution < 1.29 is 9.53 Å². The number of hydrogen-bond donors (Lipinski definition) is 2. The molecule has 2 aromatic carbocycles. The van der Waals surface area contributed by atoms with Crippen LogP contribution < -0.4 is 10.5 Å². The van der Waals surface area contributed by atoms with Crippen LogP contribution in [0.5, 0.6) is 5.75 Å². The topological polar surface area (TPSA) is 68.1 Å². The normalized spacial score (nSPS) is 10.8. The molecule has 4 nitrogen and oxygen atoms in total. The number of methoxy groups -OCH3 is 1. The van der Waals surface area contributed by atoms with E-state index in [9.17, 15) is 4.79 Å². The fourth-order valence-electron chi connectivity index (χ4n) is 2.31. The van der Waals surface area contributed by atoms with Crippen molar-refractivity contribution >= 4 is 34.0 Å². The summed E-state index contributed by atoms with van der Waals surface area (Å²) in [5.41, 5.74) is 8.10. The Bertz CT molecular complexity index is 839. The average molecular weight is 301 g/mol. The van der Waals surface area contributed by atoms with Gasteiger partial charge in [-0.1, -0.05) is 23.7 Å². The molecule has 5 heteroatoms. The summed E-state index contributed by atoms with van der Waals surface area (Å²) in [5, 5.41) is 1.38. The fourth-order valence-corrected chi connectivity index (χ4v) is 2.54. The predicted molar refractivity (Wildman–Crippen MR) is 84.1 cm³/mol. The molecule has 3 rings (SSSR count). The van der Waals surface area contributed by atoms with Crippen LogP contribution in [0, 0.1) is 0 Å². The van der Waals surface area contributed by atoms with Crippen molar-refractivity contribution in [3.8, 4) is 5.75 Å². The minimum absolute atomic E-state index is 0.109. The molecule has 0 aliphatic heterocycles. The van der Waals surface area contributed by atoms with Gasteiger partial charge in [-0.25, -0.2) is 0 Å². The van der Waals surface area contributed by atoms with Crippen molar-refractivity contribution in [1.82, 2.24) is 4.98 Å². The van der Waals surface area contributed by atoms with Gasteiger partial charge in [-0.05, 0) is 24.3 Å². The van der Waals surface area contributed by atoms with Gasteiger partial charge in [0.25, 0.3) is 0 Å². The summed E-state index contributed by atoms with van der Waals surface area (Å²) in [6, 6.07) is 10.4. The molecule has 0 amide bonds. The Balaban J connectivity index is 2.11. The minimum Gasteiger partial charge on any atom is -0.495 e. The summed E-state index contributed by atoms with van der Waals surface area (Å²) >= 11 is 6.11. The molecule has 1 aromatic heterocycles. The molecule has 0 fully saturated rings. The highest BCUT2D eigenvalue weighted by atomic mass is 35.5. The smallest absolute Gasteiger partial charge is 0.195 e. The lowest BCUT2D eigenvalue weighted by Gasteiger charge is -2.06. The van der Waals surface area contributed by atoms with Crippen molar-refractivity contribution in [2.75, 3.05) is 12.8 Å². The first-order valence-electron chi connectivity index (χ1n) is 6.35. The number of aromatic amines is 1. The highest BCUT2D eigenvalue weighted by Gasteiger charge is 2.16. The van der Waals surface area contributed by atoms with E-state index in [4.69, 9.17) is 22.1 Å². The Hall–Kier alpha value is -2.46. The molecule has 0 spiro atoms. The quantitative estimate of drug-likeness (QED) is 0.573. The number of para-hydroxylation sites is 1. The molecule has 21 heavy (non-hydrogen) atoms. The molecule has 0 atom stereocenters. The van der Waals surface area contributed by atoms with Crippen LogP contribution >= 0.6 is 11.6 Å².